The maximum Gasteiger partial charge on any atom is 0.0321 e. The lowest BCUT2D eigenvalue weighted by Gasteiger charge is -2.04. The molecule has 0 nitrogen and oxygen atoms in total. The fourth-order valence-electron chi connectivity index (χ4n) is 2.02. The Balaban J connectivity index is 2.05. The lowest BCUT2D eigenvalue weighted by molar-refractivity contribution is 1.59. The number of hydrogen-bond acceptors (Lipinski definition) is 0. The summed E-state index contributed by atoms with van der Waals surface area (Å²) >= 11 is 0. The molecule has 0 N–H and O–H groups in total. The minimum absolute atomic E-state index is 1.08. The van der Waals surface area contributed by atoms with Gasteiger partial charge in [-0.3, -0.25) is 0 Å². The molecular weight excluding hydrogens is 216 g/mol. The van der Waals surface area contributed by atoms with Gasteiger partial charge in [0.25, 0.3) is 0 Å². The standard InChI is InChI=1S/C18H12/c1-3-8-15(9-4-1)17-12-7-13-18(14-17)16-10-5-2-6-11-16/h1-5,7-10,12-14H. The molecule has 0 atom stereocenters. The molecule has 18 heavy (non-hydrogen) atoms. The molecule has 0 fully saturated rings. The van der Waals surface area contributed by atoms with Crippen LogP contribution in [0.4, 0.5) is 0 Å². The molecule has 0 bridgehead atoms. The molecule has 0 aliphatic carbocycles. The zero-order valence-corrected chi connectivity index (χ0v) is 9.93. The molecule has 0 heterocycles. The van der Waals surface area contributed by atoms with Gasteiger partial charge >= 0.3 is 0 Å². The van der Waals surface area contributed by atoms with Crippen molar-refractivity contribution in [2.75, 3.05) is 0 Å². The normalized spacial score (nSPS) is 9.78. The molecule has 0 aromatic heterocycles. The lowest BCUT2D eigenvalue weighted by Crippen LogP contribution is -1.80. The molecule has 3 rings (SSSR count). The van der Waals surface area contributed by atoms with Crippen molar-refractivity contribution < 1.29 is 0 Å². The average molecular weight is 228 g/mol. The van der Waals surface area contributed by atoms with Crippen molar-refractivity contribution in [3.8, 4) is 22.3 Å². The van der Waals surface area contributed by atoms with Crippen LogP contribution in [0.1, 0.15) is 0 Å². The first kappa shape index (κ1) is 10.6. The zero-order chi connectivity index (χ0) is 12.2. The van der Waals surface area contributed by atoms with Crippen LogP contribution in [0.2, 0.25) is 0 Å². The topological polar surface area (TPSA) is 0 Å². The second-order valence-corrected chi connectivity index (χ2v) is 4.16. The SMILES string of the molecule is c1cccc(-c2cccc(-c3ccccc3)c2)c#1. The number of hydrogen-bond donors (Lipinski definition) is 0. The van der Waals surface area contributed by atoms with E-state index in [0.29, 0.717) is 0 Å². The Bertz CT molecular complexity index is 570. The highest BCUT2D eigenvalue weighted by atomic mass is 14.0. The van der Waals surface area contributed by atoms with Gasteiger partial charge in [-0.2, -0.15) is 0 Å². The van der Waals surface area contributed by atoms with Crippen molar-refractivity contribution in [1.82, 2.24) is 0 Å². The Morgan fingerprint density at radius 1 is 0.611 bits per heavy atom. The second kappa shape index (κ2) is 4.77. The van der Waals surface area contributed by atoms with Crippen molar-refractivity contribution in [1.29, 1.82) is 0 Å². The minimum Gasteiger partial charge on any atom is -0.0696 e. The van der Waals surface area contributed by atoms with Crippen LogP contribution in [0.3, 0.4) is 0 Å². The van der Waals surface area contributed by atoms with Crippen molar-refractivity contribution >= 4 is 0 Å². The van der Waals surface area contributed by atoms with E-state index in [1.54, 1.807) is 0 Å². The Hall–Kier alpha value is -2.52. The summed E-state index contributed by atoms with van der Waals surface area (Å²) in [6.45, 7) is 0. The smallest absolute Gasteiger partial charge is 0.0321 e. The van der Waals surface area contributed by atoms with Gasteiger partial charge < -0.3 is 0 Å². The molecule has 0 unspecified atom stereocenters. The summed E-state index contributed by atoms with van der Waals surface area (Å²) in [5, 5.41) is 0. The molecule has 84 valence electrons. The van der Waals surface area contributed by atoms with E-state index in [-0.39, 0.29) is 0 Å². The Kier molecular flexibility index (Phi) is 2.82. The highest BCUT2D eigenvalue weighted by Crippen LogP contribution is 2.24. The zero-order valence-electron chi connectivity index (χ0n) is 9.93. The van der Waals surface area contributed by atoms with Gasteiger partial charge in [-0.15, -0.1) is 0 Å². The van der Waals surface area contributed by atoms with Gasteiger partial charge in [-0.05, 0) is 34.9 Å². The first-order chi connectivity index (χ1) is 8.93. The van der Waals surface area contributed by atoms with Crippen molar-refractivity contribution in [3.63, 3.8) is 0 Å². The van der Waals surface area contributed by atoms with Gasteiger partial charge in [0.2, 0.25) is 0 Å². The van der Waals surface area contributed by atoms with E-state index in [0.717, 1.165) is 5.56 Å². The van der Waals surface area contributed by atoms with E-state index < -0.39 is 0 Å². The Morgan fingerprint density at radius 2 is 1.39 bits per heavy atom. The van der Waals surface area contributed by atoms with Gasteiger partial charge in [-0.25, -0.2) is 0 Å². The third kappa shape index (κ3) is 2.12. The fourth-order valence-corrected chi connectivity index (χ4v) is 2.02. The van der Waals surface area contributed by atoms with E-state index in [2.05, 4.69) is 66.7 Å². The largest absolute Gasteiger partial charge is 0.0696 e. The molecule has 0 saturated carbocycles. The van der Waals surface area contributed by atoms with Crippen LogP contribution in [-0.2, 0) is 0 Å². The molecule has 3 aromatic rings. The molecule has 0 amide bonds. The Labute approximate surface area is 108 Å². The minimum atomic E-state index is 1.08. The Morgan fingerprint density at radius 3 is 2.17 bits per heavy atom. The molecule has 0 aliphatic rings. The summed E-state index contributed by atoms with van der Waals surface area (Å²) in [5.74, 6) is 0. The van der Waals surface area contributed by atoms with E-state index in [1.165, 1.54) is 16.7 Å². The molecule has 3 aromatic carbocycles. The molecule has 0 heteroatoms. The number of rotatable bonds is 2. The lowest BCUT2D eigenvalue weighted by atomic mass is 10.00. The maximum atomic E-state index is 3.14. The van der Waals surface area contributed by atoms with Gasteiger partial charge in [0, 0.05) is 5.56 Å². The second-order valence-electron chi connectivity index (χ2n) is 4.16. The highest BCUT2D eigenvalue weighted by molar-refractivity contribution is 5.72. The predicted molar refractivity (Wildman–Crippen MR) is 75.0 cm³/mol. The van der Waals surface area contributed by atoms with E-state index >= 15 is 0 Å². The molecular formula is C18H12. The van der Waals surface area contributed by atoms with Crippen LogP contribution in [0.25, 0.3) is 22.3 Å². The van der Waals surface area contributed by atoms with Crippen molar-refractivity contribution in [3.05, 3.63) is 84.9 Å². The number of benzene rings is 2. The summed E-state index contributed by atoms with van der Waals surface area (Å²) in [6.07, 6.45) is 0. The molecule has 0 radical (unpaired) electrons. The van der Waals surface area contributed by atoms with Crippen molar-refractivity contribution in [2.45, 2.75) is 0 Å². The quantitative estimate of drug-likeness (QED) is 0.600. The summed E-state index contributed by atoms with van der Waals surface area (Å²) < 4.78 is 0. The monoisotopic (exact) mass is 228 g/mol. The van der Waals surface area contributed by atoms with Crippen LogP contribution in [0.5, 0.6) is 0 Å². The van der Waals surface area contributed by atoms with Crippen LogP contribution < -0.4 is 0 Å². The fraction of sp³-hybridized carbons (Fsp3) is 0. The summed E-state index contributed by atoms with van der Waals surface area (Å²) in [6, 6.07) is 31.0. The summed E-state index contributed by atoms with van der Waals surface area (Å²) in [4.78, 5) is 0. The van der Waals surface area contributed by atoms with E-state index in [1.807, 2.05) is 18.2 Å². The molecule has 0 aliphatic heterocycles. The first-order valence-corrected chi connectivity index (χ1v) is 5.98. The van der Waals surface area contributed by atoms with Gasteiger partial charge in [0.15, 0.2) is 0 Å². The maximum absolute atomic E-state index is 3.14. The third-order valence-corrected chi connectivity index (χ3v) is 2.93. The van der Waals surface area contributed by atoms with Crippen LogP contribution in [0.15, 0.2) is 72.8 Å². The first-order valence-electron chi connectivity index (χ1n) is 5.98. The molecule has 0 spiro atoms. The van der Waals surface area contributed by atoms with Gasteiger partial charge in [-0.1, -0.05) is 66.7 Å². The highest BCUT2D eigenvalue weighted by Gasteiger charge is 2.00. The predicted octanol–water partition coefficient (Wildman–Crippen LogP) is 4.62. The van der Waals surface area contributed by atoms with Crippen LogP contribution >= 0.6 is 0 Å². The van der Waals surface area contributed by atoms with Crippen LogP contribution in [-0.4, -0.2) is 0 Å². The van der Waals surface area contributed by atoms with Crippen LogP contribution in [0, 0.1) is 12.1 Å². The van der Waals surface area contributed by atoms with Gasteiger partial charge in [0.05, 0.1) is 0 Å². The average Bonchev–Trinajstić information content (AvgIpc) is 2.49. The van der Waals surface area contributed by atoms with Crippen molar-refractivity contribution in [2.24, 2.45) is 0 Å². The van der Waals surface area contributed by atoms with E-state index in [4.69, 9.17) is 0 Å². The molecule has 0 saturated heterocycles. The third-order valence-electron chi connectivity index (χ3n) is 2.93. The van der Waals surface area contributed by atoms with Gasteiger partial charge in [0.1, 0.15) is 0 Å². The summed E-state index contributed by atoms with van der Waals surface area (Å²) in [7, 11) is 0. The van der Waals surface area contributed by atoms with E-state index in [9.17, 15) is 0 Å². The summed E-state index contributed by atoms with van der Waals surface area (Å²) in [5.41, 5.74) is 4.72.